The Balaban J connectivity index is 1.71. The molecule has 11 nitrogen and oxygen atoms in total. The molecule has 0 atom stereocenters. The monoisotopic (exact) mass is 493 g/mol. The summed E-state index contributed by atoms with van der Waals surface area (Å²) in [6.07, 6.45) is 1.20. The summed E-state index contributed by atoms with van der Waals surface area (Å²) in [4.78, 5) is 48.6. The highest BCUT2D eigenvalue weighted by Gasteiger charge is 2.35. The van der Waals surface area contributed by atoms with Crippen molar-refractivity contribution in [3.63, 3.8) is 0 Å². The molecular formula is C23H15N3O8S. The van der Waals surface area contributed by atoms with Gasteiger partial charge >= 0.3 is 5.97 Å². The fourth-order valence-corrected chi connectivity index (χ4v) is 3.67. The molecule has 0 bridgehead atoms. The van der Waals surface area contributed by atoms with Gasteiger partial charge in [-0.3, -0.25) is 29.9 Å². The number of nitrogens with one attached hydrogen (secondary N) is 1. The van der Waals surface area contributed by atoms with Crippen molar-refractivity contribution in [2.45, 2.75) is 0 Å². The smallest absolute Gasteiger partial charge is 0.335 e. The maximum Gasteiger partial charge on any atom is 0.335 e. The van der Waals surface area contributed by atoms with Gasteiger partial charge in [-0.05, 0) is 54.7 Å². The Morgan fingerprint density at radius 2 is 1.97 bits per heavy atom. The van der Waals surface area contributed by atoms with Crippen molar-refractivity contribution in [2.75, 3.05) is 12.0 Å². The van der Waals surface area contributed by atoms with Gasteiger partial charge in [0.05, 0.1) is 28.8 Å². The number of rotatable bonds is 6. The number of aromatic carboxylic acids is 1. The first-order chi connectivity index (χ1) is 16.7. The third kappa shape index (κ3) is 4.50. The first-order valence-electron chi connectivity index (χ1n) is 9.87. The highest BCUT2D eigenvalue weighted by Crippen LogP contribution is 2.35. The molecule has 1 aliphatic heterocycles. The number of benzene rings is 2. The van der Waals surface area contributed by atoms with Crippen LogP contribution in [0.1, 0.15) is 16.1 Å². The fraction of sp³-hybridized carbons (Fsp3) is 0.0435. The zero-order valence-electron chi connectivity index (χ0n) is 17.9. The van der Waals surface area contributed by atoms with Crippen LogP contribution in [0.4, 0.5) is 11.4 Å². The second kappa shape index (κ2) is 9.19. The zero-order valence-corrected chi connectivity index (χ0v) is 18.7. The van der Waals surface area contributed by atoms with E-state index in [0.29, 0.717) is 11.3 Å². The lowest BCUT2D eigenvalue weighted by atomic mass is 10.1. The Labute approximate surface area is 202 Å². The van der Waals surface area contributed by atoms with Crippen molar-refractivity contribution < 1.29 is 33.6 Å². The van der Waals surface area contributed by atoms with Crippen molar-refractivity contribution in [3.05, 3.63) is 81.6 Å². The average Bonchev–Trinajstić information content (AvgIpc) is 3.30. The maximum atomic E-state index is 13.2. The van der Waals surface area contributed by atoms with Crippen LogP contribution in [-0.4, -0.2) is 40.0 Å². The second-order valence-corrected chi connectivity index (χ2v) is 7.54. The van der Waals surface area contributed by atoms with Gasteiger partial charge in [-0.1, -0.05) is 6.07 Å². The molecule has 0 saturated carbocycles. The summed E-state index contributed by atoms with van der Waals surface area (Å²) in [6, 6.07) is 12.5. The summed E-state index contributed by atoms with van der Waals surface area (Å²) < 4.78 is 11.0. The number of carboxylic acids is 1. The highest BCUT2D eigenvalue weighted by atomic mass is 32.1. The minimum Gasteiger partial charge on any atom is -0.496 e. The van der Waals surface area contributed by atoms with Crippen LogP contribution in [0.25, 0.3) is 17.4 Å². The van der Waals surface area contributed by atoms with E-state index in [0.717, 1.165) is 4.90 Å². The predicted octanol–water partition coefficient (Wildman–Crippen LogP) is 3.39. The quantitative estimate of drug-likeness (QED) is 0.173. The molecule has 1 saturated heterocycles. The predicted molar refractivity (Wildman–Crippen MR) is 127 cm³/mol. The van der Waals surface area contributed by atoms with E-state index in [4.69, 9.17) is 21.4 Å². The van der Waals surface area contributed by atoms with Gasteiger partial charge in [-0.25, -0.2) is 4.79 Å². The molecule has 0 radical (unpaired) electrons. The normalized spacial score (nSPS) is 14.7. The van der Waals surface area contributed by atoms with Gasteiger partial charge in [-0.15, -0.1) is 0 Å². The molecule has 0 spiro atoms. The lowest BCUT2D eigenvalue weighted by Crippen LogP contribution is -2.54. The first-order valence-corrected chi connectivity index (χ1v) is 10.3. The third-order valence-electron chi connectivity index (χ3n) is 5.03. The Morgan fingerprint density at radius 1 is 1.20 bits per heavy atom. The van der Waals surface area contributed by atoms with Gasteiger partial charge in [0.2, 0.25) is 0 Å². The molecule has 2 aromatic carbocycles. The lowest BCUT2D eigenvalue weighted by Gasteiger charge is -2.28. The number of carbonyl (C=O) groups excluding carboxylic acids is 2. The fourth-order valence-electron chi connectivity index (χ4n) is 3.39. The number of ether oxygens (including phenoxy) is 1. The Kier molecular flexibility index (Phi) is 6.12. The van der Waals surface area contributed by atoms with Crippen LogP contribution in [0.3, 0.4) is 0 Å². The molecule has 176 valence electrons. The molecule has 3 aromatic rings. The van der Waals surface area contributed by atoms with Gasteiger partial charge in [0, 0.05) is 12.1 Å². The number of nitro groups is 1. The number of thiocarbonyl (C=S) groups is 1. The number of nitro benzene ring substituents is 1. The van der Waals surface area contributed by atoms with E-state index < -0.39 is 22.7 Å². The van der Waals surface area contributed by atoms with Crippen molar-refractivity contribution in [3.8, 4) is 17.1 Å². The van der Waals surface area contributed by atoms with Crippen LogP contribution in [0, 0.1) is 10.1 Å². The summed E-state index contributed by atoms with van der Waals surface area (Å²) in [5.74, 6) is -2.10. The van der Waals surface area contributed by atoms with E-state index in [2.05, 4.69) is 5.32 Å². The zero-order chi connectivity index (χ0) is 25.3. The van der Waals surface area contributed by atoms with E-state index >= 15 is 0 Å². The van der Waals surface area contributed by atoms with E-state index in [-0.39, 0.29) is 39.1 Å². The van der Waals surface area contributed by atoms with Gasteiger partial charge in [0.15, 0.2) is 5.11 Å². The molecule has 1 aliphatic rings. The largest absolute Gasteiger partial charge is 0.496 e. The Morgan fingerprint density at radius 3 is 2.66 bits per heavy atom. The molecule has 2 N–H and O–H groups in total. The third-order valence-corrected chi connectivity index (χ3v) is 5.31. The first kappa shape index (κ1) is 23.3. The van der Waals surface area contributed by atoms with Crippen molar-refractivity contribution in [2.24, 2.45) is 0 Å². The molecule has 2 heterocycles. The van der Waals surface area contributed by atoms with Crippen LogP contribution in [0.15, 0.2) is 64.6 Å². The number of methoxy groups -OCH3 is 1. The topological polar surface area (TPSA) is 152 Å². The molecule has 2 amide bonds. The van der Waals surface area contributed by atoms with Gasteiger partial charge in [0.1, 0.15) is 22.8 Å². The number of hydrogen-bond acceptors (Lipinski definition) is 8. The highest BCUT2D eigenvalue weighted by molar-refractivity contribution is 7.80. The van der Waals surface area contributed by atoms with Crippen LogP contribution in [0.2, 0.25) is 0 Å². The minimum absolute atomic E-state index is 0.0675. The number of furan rings is 1. The number of hydrogen-bond donors (Lipinski definition) is 2. The summed E-state index contributed by atoms with van der Waals surface area (Å²) in [5.41, 5.74) is -0.0913. The summed E-state index contributed by atoms with van der Waals surface area (Å²) >= 11 is 5.12. The van der Waals surface area contributed by atoms with Crippen molar-refractivity contribution >= 4 is 52.6 Å². The van der Waals surface area contributed by atoms with Crippen LogP contribution < -0.4 is 15.0 Å². The van der Waals surface area contributed by atoms with Gasteiger partial charge in [-0.2, -0.15) is 0 Å². The summed E-state index contributed by atoms with van der Waals surface area (Å²) in [5, 5.41) is 22.6. The van der Waals surface area contributed by atoms with Crippen LogP contribution in [-0.2, 0) is 9.59 Å². The summed E-state index contributed by atoms with van der Waals surface area (Å²) in [6.45, 7) is 0. The number of anilines is 1. The number of non-ortho nitro benzene ring substituents is 1. The van der Waals surface area contributed by atoms with Gasteiger partial charge in [0.25, 0.3) is 17.5 Å². The Hall–Kier alpha value is -4.84. The molecule has 1 aromatic heterocycles. The number of nitrogens with zero attached hydrogens (tertiary/aromatic N) is 2. The SMILES string of the molecule is COc1ccc([N+](=O)[O-])cc1-c1ccc(C=C2C(=O)NC(=S)N(c3cccc(C(=O)O)c3)C2=O)o1. The molecule has 35 heavy (non-hydrogen) atoms. The molecule has 0 aliphatic carbocycles. The van der Waals surface area contributed by atoms with Gasteiger partial charge < -0.3 is 14.3 Å². The molecular weight excluding hydrogens is 478 g/mol. The van der Waals surface area contributed by atoms with E-state index in [9.17, 15) is 29.6 Å². The number of amides is 2. The molecule has 0 unspecified atom stereocenters. The lowest BCUT2D eigenvalue weighted by molar-refractivity contribution is -0.384. The van der Waals surface area contributed by atoms with E-state index in [1.165, 1.54) is 67.8 Å². The average molecular weight is 493 g/mol. The van der Waals surface area contributed by atoms with Crippen molar-refractivity contribution in [1.82, 2.24) is 5.32 Å². The van der Waals surface area contributed by atoms with E-state index in [1.54, 1.807) is 0 Å². The van der Waals surface area contributed by atoms with Crippen molar-refractivity contribution in [1.29, 1.82) is 0 Å². The summed E-state index contributed by atoms with van der Waals surface area (Å²) in [7, 11) is 1.40. The number of carbonyl (C=O) groups is 3. The Bertz CT molecular complexity index is 1440. The van der Waals surface area contributed by atoms with E-state index in [1.807, 2.05) is 0 Å². The second-order valence-electron chi connectivity index (χ2n) is 7.16. The standard InChI is InChI=1S/C23H15N3O8S/c1-33-18-7-5-14(26(31)32)10-16(18)19-8-6-15(34-19)11-17-20(27)24-23(35)25(21(17)28)13-4-2-3-12(9-13)22(29)30/h2-11H,1H3,(H,29,30)(H,24,27,35). The molecule has 4 rings (SSSR count). The number of carboxylic acid groups (broad SMARTS) is 1. The molecule has 1 fully saturated rings. The maximum absolute atomic E-state index is 13.2. The van der Waals surface area contributed by atoms with Crippen LogP contribution in [0.5, 0.6) is 5.75 Å². The molecule has 12 heteroatoms. The minimum atomic E-state index is -1.19. The van der Waals surface area contributed by atoms with Crippen LogP contribution >= 0.6 is 12.2 Å².